The van der Waals surface area contributed by atoms with Gasteiger partial charge in [-0.05, 0) is 18.6 Å². The number of fused-ring (bicyclic) bond motifs is 2. The summed E-state index contributed by atoms with van der Waals surface area (Å²) in [5, 5.41) is 11.5. The average molecular weight is 268 g/mol. The number of rotatable bonds is 2. The molecule has 2 heterocycles. The van der Waals surface area contributed by atoms with Gasteiger partial charge in [-0.3, -0.25) is 15.0 Å². The van der Waals surface area contributed by atoms with E-state index in [-0.39, 0.29) is 10.6 Å². The maximum absolute atomic E-state index is 11.1. The Labute approximate surface area is 110 Å². The van der Waals surface area contributed by atoms with Crippen molar-refractivity contribution in [2.75, 3.05) is 31.1 Å². The summed E-state index contributed by atoms with van der Waals surface area (Å²) in [4.78, 5) is 15.4. The highest BCUT2D eigenvalue weighted by Crippen LogP contribution is 2.35. The topological polar surface area (TPSA) is 49.6 Å². The highest BCUT2D eigenvalue weighted by atomic mass is 35.5. The first-order valence-electron chi connectivity index (χ1n) is 6.08. The van der Waals surface area contributed by atoms with E-state index in [1.54, 1.807) is 12.1 Å². The van der Waals surface area contributed by atoms with E-state index in [1.165, 1.54) is 6.07 Å². The van der Waals surface area contributed by atoms with Gasteiger partial charge in [-0.25, -0.2) is 0 Å². The van der Waals surface area contributed by atoms with Crippen molar-refractivity contribution in [1.29, 1.82) is 0 Å². The van der Waals surface area contributed by atoms with Crippen LogP contribution in [-0.4, -0.2) is 42.0 Å². The van der Waals surface area contributed by atoms with Gasteiger partial charge in [0.05, 0.1) is 4.92 Å². The van der Waals surface area contributed by atoms with Gasteiger partial charge in [0.1, 0.15) is 5.69 Å². The van der Waals surface area contributed by atoms with Crippen LogP contribution < -0.4 is 4.90 Å². The lowest BCUT2D eigenvalue weighted by Gasteiger charge is -2.35. The number of nitro groups is 1. The van der Waals surface area contributed by atoms with E-state index in [2.05, 4.69) is 9.80 Å². The van der Waals surface area contributed by atoms with Crippen LogP contribution in [0.25, 0.3) is 0 Å². The van der Waals surface area contributed by atoms with Gasteiger partial charge < -0.3 is 4.90 Å². The molecule has 3 rings (SSSR count). The first-order valence-corrected chi connectivity index (χ1v) is 6.46. The van der Waals surface area contributed by atoms with Crippen LogP contribution in [0.1, 0.15) is 6.42 Å². The molecule has 1 unspecified atom stereocenters. The van der Waals surface area contributed by atoms with E-state index in [1.807, 2.05) is 0 Å². The third kappa shape index (κ3) is 1.93. The molecule has 0 N–H and O–H groups in total. The molecule has 1 aromatic carbocycles. The van der Waals surface area contributed by atoms with Gasteiger partial charge in [-0.2, -0.15) is 0 Å². The van der Waals surface area contributed by atoms with Gasteiger partial charge in [0.15, 0.2) is 0 Å². The van der Waals surface area contributed by atoms with Crippen molar-refractivity contribution in [3.05, 3.63) is 33.3 Å². The Kier molecular flexibility index (Phi) is 2.87. The van der Waals surface area contributed by atoms with Crippen LogP contribution in [0.15, 0.2) is 18.2 Å². The number of nitro benzene ring substituents is 1. The highest BCUT2D eigenvalue weighted by molar-refractivity contribution is 6.30. The number of nitrogens with zero attached hydrogens (tertiary/aromatic N) is 3. The Morgan fingerprint density at radius 3 is 2.94 bits per heavy atom. The molecule has 0 amide bonds. The minimum Gasteiger partial charge on any atom is -0.360 e. The summed E-state index contributed by atoms with van der Waals surface area (Å²) in [5.74, 6) is 0. The molecule has 96 valence electrons. The summed E-state index contributed by atoms with van der Waals surface area (Å²) in [6.45, 7) is 3.95. The molecule has 2 bridgehead atoms. The largest absolute Gasteiger partial charge is 0.360 e. The molecule has 2 aliphatic heterocycles. The van der Waals surface area contributed by atoms with Crippen LogP contribution in [-0.2, 0) is 0 Å². The zero-order valence-corrected chi connectivity index (χ0v) is 10.6. The molecule has 2 fully saturated rings. The van der Waals surface area contributed by atoms with Crippen LogP contribution in [0, 0.1) is 10.1 Å². The van der Waals surface area contributed by atoms with Gasteiger partial charge in [0.25, 0.3) is 5.69 Å². The van der Waals surface area contributed by atoms with Crippen molar-refractivity contribution in [1.82, 2.24) is 4.90 Å². The van der Waals surface area contributed by atoms with Crippen LogP contribution in [0.4, 0.5) is 11.4 Å². The number of piperazine rings is 1. The highest BCUT2D eigenvalue weighted by Gasteiger charge is 2.35. The first-order chi connectivity index (χ1) is 8.65. The number of halogens is 1. The van der Waals surface area contributed by atoms with Gasteiger partial charge in [-0.15, -0.1) is 0 Å². The maximum atomic E-state index is 11.1. The van der Waals surface area contributed by atoms with E-state index >= 15 is 0 Å². The molecule has 0 spiro atoms. The van der Waals surface area contributed by atoms with Crippen molar-refractivity contribution in [3.63, 3.8) is 0 Å². The van der Waals surface area contributed by atoms with Crippen molar-refractivity contribution >= 4 is 23.0 Å². The Hall–Kier alpha value is -1.33. The minimum absolute atomic E-state index is 0.114. The second-order valence-electron chi connectivity index (χ2n) is 4.83. The first kappa shape index (κ1) is 11.7. The summed E-state index contributed by atoms with van der Waals surface area (Å²) in [5.41, 5.74) is 0.818. The summed E-state index contributed by atoms with van der Waals surface area (Å²) < 4.78 is 0. The second-order valence-corrected chi connectivity index (χ2v) is 5.26. The molecule has 0 aromatic heterocycles. The molecule has 18 heavy (non-hydrogen) atoms. The van der Waals surface area contributed by atoms with Crippen LogP contribution in [0.3, 0.4) is 0 Å². The molecule has 5 nitrogen and oxygen atoms in total. The fourth-order valence-corrected chi connectivity index (χ4v) is 3.07. The Morgan fingerprint density at radius 2 is 2.17 bits per heavy atom. The quantitative estimate of drug-likeness (QED) is 0.609. The fraction of sp³-hybridized carbons (Fsp3) is 0.500. The Balaban J connectivity index is 1.98. The van der Waals surface area contributed by atoms with E-state index in [0.29, 0.717) is 16.8 Å². The van der Waals surface area contributed by atoms with Crippen molar-refractivity contribution in [2.24, 2.45) is 0 Å². The molecule has 2 atom stereocenters. The number of hydrogen-bond donors (Lipinski definition) is 0. The van der Waals surface area contributed by atoms with Crippen molar-refractivity contribution < 1.29 is 4.92 Å². The molecular weight excluding hydrogens is 254 g/mol. The Morgan fingerprint density at radius 1 is 1.33 bits per heavy atom. The van der Waals surface area contributed by atoms with Crippen LogP contribution >= 0.6 is 11.6 Å². The molecular formula is C12H14ClN3O2. The predicted octanol–water partition coefficient (Wildman–Crippen LogP) is 2.14. The van der Waals surface area contributed by atoms with E-state index in [9.17, 15) is 10.1 Å². The Bertz CT molecular complexity index is 494. The SMILES string of the molecule is O=[N+]([O-])c1cc(Cl)ccc1N1CCN2CC[C@H]1C2. The monoisotopic (exact) mass is 267 g/mol. The van der Waals surface area contributed by atoms with Crippen molar-refractivity contribution in [3.8, 4) is 0 Å². The summed E-state index contributed by atoms with van der Waals surface area (Å²) in [6.07, 6.45) is 1.08. The normalized spacial score (nSPS) is 26.4. The van der Waals surface area contributed by atoms with Gasteiger partial charge in [-0.1, -0.05) is 11.6 Å². The molecule has 0 saturated carbocycles. The van der Waals surface area contributed by atoms with Gasteiger partial charge in [0.2, 0.25) is 0 Å². The minimum atomic E-state index is -0.345. The zero-order valence-electron chi connectivity index (χ0n) is 9.88. The van der Waals surface area contributed by atoms with Gasteiger partial charge in [0, 0.05) is 43.3 Å². The summed E-state index contributed by atoms with van der Waals surface area (Å²) >= 11 is 5.85. The van der Waals surface area contributed by atoms with E-state index < -0.39 is 0 Å². The predicted molar refractivity (Wildman–Crippen MR) is 70.3 cm³/mol. The fourth-order valence-electron chi connectivity index (χ4n) is 2.90. The number of hydrogen-bond acceptors (Lipinski definition) is 4. The van der Waals surface area contributed by atoms with E-state index in [0.717, 1.165) is 32.6 Å². The zero-order chi connectivity index (χ0) is 12.7. The molecule has 6 heteroatoms. The van der Waals surface area contributed by atoms with Crippen molar-refractivity contribution in [2.45, 2.75) is 12.5 Å². The summed E-state index contributed by atoms with van der Waals surface area (Å²) in [6, 6.07) is 5.34. The lowest BCUT2D eigenvalue weighted by Crippen LogP contribution is -2.47. The molecule has 2 aliphatic rings. The molecule has 1 aromatic rings. The van der Waals surface area contributed by atoms with Crippen LogP contribution in [0.5, 0.6) is 0 Å². The lowest BCUT2D eigenvalue weighted by molar-refractivity contribution is -0.384. The third-order valence-corrected chi connectivity index (χ3v) is 4.02. The van der Waals surface area contributed by atoms with Gasteiger partial charge >= 0.3 is 0 Å². The summed E-state index contributed by atoms with van der Waals surface area (Å²) in [7, 11) is 0. The molecule has 2 saturated heterocycles. The smallest absolute Gasteiger partial charge is 0.294 e. The number of benzene rings is 1. The third-order valence-electron chi connectivity index (χ3n) is 3.79. The number of anilines is 1. The second kappa shape index (κ2) is 4.40. The lowest BCUT2D eigenvalue weighted by atomic mass is 10.1. The van der Waals surface area contributed by atoms with Crippen LogP contribution in [0.2, 0.25) is 5.02 Å². The molecule has 0 aliphatic carbocycles. The maximum Gasteiger partial charge on any atom is 0.294 e. The molecule has 0 radical (unpaired) electrons. The average Bonchev–Trinajstić information content (AvgIpc) is 2.72. The van der Waals surface area contributed by atoms with E-state index in [4.69, 9.17) is 11.6 Å². The standard InChI is InChI=1S/C12H14ClN3O2/c13-9-1-2-11(12(7-9)16(17)18)15-6-5-14-4-3-10(15)8-14/h1-2,7,10H,3-6,8H2/t10-/m0/s1.